The van der Waals surface area contributed by atoms with Crippen LogP contribution in [-0.2, 0) is 0 Å². The molecule has 0 unspecified atom stereocenters. The molecule has 0 bridgehead atoms. The molecule has 0 aromatic carbocycles. The standard InChI is InChI=1S/C9H8N2O/c1-7(12)9-4-2-3-8-5-6-10-11(8)9/h2-6H,1H3. The van der Waals surface area contributed by atoms with Crippen molar-refractivity contribution in [2.75, 3.05) is 0 Å². The Bertz CT molecular complexity index is 431. The number of rotatable bonds is 1. The molecule has 0 aliphatic rings. The lowest BCUT2D eigenvalue weighted by atomic mass is 10.2. The topological polar surface area (TPSA) is 34.4 Å². The zero-order valence-electron chi connectivity index (χ0n) is 6.69. The summed E-state index contributed by atoms with van der Waals surface area (Å²) in [5.74, 6) is 0.0318. The molecule has 0 atom stereocenters. The van der Waals surface area contributed by atoms with Crippen LogP contribution in [0.1, 0.15) is 17.4 Å². The van der Waals surface area contributed by atoms with E-state index in [1.165, 1.54) is 6.92 Å². The van der Waals surface area contributed by atoms with E-state index in [1.54, 1.807) is 16.8 Å². The van der Waals surface area contributed by atoms with Gasteiger partial charge in [-0.15, -0.1) is 0 Å². The van der Waals surface area contributed by atoms with Crippen LogP contribution < -0.4 is 0 Å². The van der Waals surface area contributed by atoms with Crippen LogP contribution in [0.15, 0.2) is 30.5 Å². The molecule has 0 saturated heterocycles. The molecule has 0 N–H and O–H groups in total. The fraction of sp³-hybridized carbons (Fsp3) is 0.111. The highest BCUT2D eigenvalue weighted by molar-refractivity contribution is 5.92. The van der Waals surface area contributed by atoms with Crippen LogP contribution in [0.5, 0.6) is 0 Å². The Kier molecular flexibility index (Phi) is 1.43. The van der Waals surface area contributed by atoms with Crippen LogP contribution in [0.4, 0.5) is 0 Å². The number of fused-ring (bicyclic) bond motifs is 1. The van der Waals surface area contributed by atoms with Gasteiger partial charge in [-0.3, -0.25) is 4.79 Å². The van der Waals surface area contributed by atoms with Crippen LogP contribution in [0.25, 0.3) is 5.52 Å². The molecule has 2 rings (SSSR count). The minimum Gasteiger partial charge on any atom is -0.293 e. The lowest BCUT2D eigenvalue weighted by Gasteiger charge is -1.98. The van der Waals surface area contributed by atoms with Crippen molar-refractivity contribution >= 4 is 11.3 Å². The van der Waals surface area contributed by atoms with Gasteiger partial charge >= 0.3 is 0 Å². The first kappa shape index (κ1) is 7.03. The first-order valence-corrected chi connectivity index (χ1v) is 3.73. The third kappa shape index (κ3) is 0.906. The van der Waals surface area contributed by atoms with Gasteiger partial charge < -0.3 is 0 Å². The number of carbonyl (C=O) groups is 1. The van der Waals surface area contributed by atoms with Crippen molar-refractivity contribution in [3.63, 3.8) is 0 Å². The summed E-state index contributed by atoms with van der Waals surface area (Å²) < 4.78 is 1.64. The third-order valence-electron chi connectivity index (χ3n) is 1.78. The fourth-order valence-corrected chi connectivity index (χ4v) is 1.22. The molecule has 0 radical (unpaired) electrons. The maximum Gasteiger partial charge on any atom is 0.178 e. The smallest absolute Gasteiger partial charge is 0.178 e. The van der Waals surface area contributed by atoms with E-state index in [4.69, 9.17) is 0 Å². The van der Waals surface area contributed by atoms with Gasteiger partial charge in [-0.25, -0.2) is 4.52 Å². The Morgan fingerprint density at radius 1 is 1.42 bits per heavy atom. The van der Waals surface area contributed by atoms with Crippen LogP contribution >= 0.6 is 0 Å². The second kappa shape index (κ2) is 2.44. The van der Waals surface area contributed by atoms with E-state index in [0.717, 1.165) is 5.52 Å². The maximum absolute atomic E-state index is 11.1. The first-order valence-electron chi connectivity index (χ1n) is 3.73. The Hall–Kier alpha value is -1.64. The van der Waals surface area contributed by atoms with Gasteiger partial charge in [-0.2, -0.15) is 5.10 Å². The predicted molar refractivity (Wildman–Crippen MR) is 45.2 cm³/mol. The highest BCUT2D eigenvalue weighted by Gasteiger charge is 2.03. The molecule has 0 amide bonds. The van der Waals surface area contributed by atoms with Gasteiger partial charge in [-0.05, 0) is 18.2 Å². The zero-order valence-corrected chi connectivity index (χ0v) is 6.69. The fourth-order valence-electron chi connectivity index (χ4n) is 1.22. The van der Waals surface area contributed by atoms with Crippen molar-refractivity contribution in [3.8, 4) is 0 Å². The number of pyridine rings is 1. The van der Waals surface area contributed by atoms with Gasteiger partial charge in [0, 0.05) is 6.92 Å². The molecular formula is C9H8N2O. The average molecular weight is 160 g/mol. The molecule has 2 aromatic heterocycles. The first-order chi connectivity index (χ1) is 5.79. The quantitative estimate of drug-likeness (QED) is 0.593. The SMILES string of the molecule is CC(=O)c1cccc2ccnn12. The molecule has 0 aliphatic heterocycles. The number of hydrogen-bond donors (Lipinski definition) is 0. The number of ketones is 1. The third-order valence-corrected chi connectivity index (χ3v) is 1.78. The molecule has 12 heavy (non-hydrogen) atoms. The minimum atomic E-state index is 0.0318. The second-order valence-corrected chi connectivity index (χ2v) is 2.64. The summed E-state index contributed by atoms with van der Waals surface area (Å²) in [5.41, 5.74) is 1.57. The molecule has 3 nitrogen and oxygen atoms in total. The summed E-state index contributed by atoms with van der Waals surface area (Å²) in [6.07, 6.45) is 1.68. The van der Waals surface area contributed by atoms with Crippen molar-refractivity contribution in [1.82, 2.24) is 9.61 Å². The van der Waals surface area contributed by atoms with Gasteiger partial charge in [0.2, 0.25) is 0 Å². The Morgan fingerprint density at radius 2 is 2.25 bits per heavy atom. The van der Waals surface area contributed by atoms with E-state index >= 15 is 0 Å². The van der Waals surface area contributed by atoms with Gasteiger partial charge in [0.15, 0.2) is 5.78 Å². The summed E-state index contributed by atoms with van der Waals surface area (Å²) in [7, 11) is 0. The second-order valence-electron chi connectivity index (χ2n) is 2.64. The van der Waals surface area contributed by atoms with E-state index in [9.17, 15) is 4.79 Å². The summed E-state index contributed by atoms with van der Waals surface area (Å²) in [6.45, 7) is 1.54. The van der Waals surface area contributed by atoms with E-state index in [0.29, 0.717) is 5.69 Å². The van der Waals surface area contributed by atoms with Crippen molar-refractivity contribution in [2.24, 2.45) is 0 Å². The van der Waals surface area contributed by atoms with Crippen molar-refractivity contribution in [1.29, 1.82) is 0 Å². The van der Waals surface area contributed by atoms with Crippen molar-refractivity contribution in [2.45, 2.75) is 6.92 Å². The van der Waals surface area contributed by atoms with E-state index in [1.807, 2.05) is 18.2 Å². The molecular weight excluding hydrogens is 152 g/mol. The minimum absolute atomic E-state index is 0.0318. The molecule has 0 aliphatic carbocycles. The lowest BCUT2D eigenvalue weighted by molar-refractivity contribution is 0.101. The molecule has 0 spiro atoms. The number of nitrogens with zero attached hydrogens (tertiary/aromatic N) is 2. The van der Waals surface area contributed by atoms with Crippen LogP contribution in [0, 0.1) is 0 Å². The highest BCUT2D eigenvalue weighted by Crippen LogP contribution is 2.06. The van der Waals surface area contributed by atoms with Crippen molar-refractivity contribution < 1.29 is 4.79 Å². The predicted octanol–water partition coefficient (Wildman–Crippen LogP) is 1.54. The van der Waals surface area contributed by atoms with E-state index in [2.05, 4.69) is 5.10 Å². The van der Waals surface area contributed by atoms with Gasteiger partial charge in [0.1, 0.15) is 5.69 Å². The molecule has 2 heterocycles. The zero-order chi connectivity index (χ0) is 8.55. The number of carbonyl (C=O) groups excluding carboxylic acids is 1. The highest BCUT2D eigenvalue weighted by atomic mass is 16.1. The largest absolute Gasteiger partial charge is 0.293 e. The molecule has 2 aromatic rings. The van der Waals surface area contributed by atoms with E-state index < -0.39 is 0 Å². The molecule has 60 valence electrons. The Labute approximate surface area is 69.6 Å². The Balaban J connectivity index is 2.82. The van der Waals surface area contributed by atoms with E-state index in [-0.39, 0.29) is 5.78 Å². The van der Waals surface area contributed by atoms with Crippen LogP contribution in [0.3, 0.4) is 0 Å². The number of hydrogen-bond acceptors (Lipinski definition) is 2. The lowest BCUT2D eigenvalue weighted by Crippen LogP contribution is -2.02. The number of aromatic nitrogens is 2. The monoisotopic (exact) mass is 160 g/mol. The summed E-state index contributed by atoms with van der Waals surface area (Å²) >= 11 is 0. The van der Waals surface area contributed by atoms with Gasteiger partial charge in [0.05, 0.1) is 11.7 Å². The Morgan fingerprint density at radius 3 is 3.00 bits per heavy atom. The molecule has 3 heteroatoms. The van der Waals surface area contributed by atoms with Crippen molar-refractivity contribution in [3.05, 3.63) is 36.2 Å². The normalized spacial score (nSPS) is 10.4. The maximum atomic E-state index is 11.1. The van der Waals surface area contributed by atoms with Gasteiger partial charge in [0.25, 0.3) is 0 Å². The summed E-state index contributed by atoms with van der Waals surface area (Å²) in [5, 5.41) is 4.04. The summed E-state index contributed by atoms with van der Waals surface area (Å²) in [4.78, 5) is 11.1. The van der Waals surface area contributed by atoms with Gasteiger partial charge in [-0.1, -0.05) is 6.07 Å². The molecule has 0 fully saturated rings. The van der Waals surface area contributed by atoms with Crippen LogP contribution in [-0.4, -0.2) is 15.4 Å². The summed E-state index contributed by atoms with van der Waals surface area (Å²) in [6, 6.07) is 7.40. The average Bonchev–Trinajstić information content (AvgIpc) is 2.49. The molecule has 0 saturated carbocycles. The number of Topliss-reactive ketones (excluding diaryl/α,β-unsaturated/α-hetero) is 1. The van der Waals surface area contributed by atoms with Crippen LogP contribution in [0.2, 0.25) is 0 Å².